The van der Waals surface area contributed by atoms with Gasteiger partial charge in [-0.25, -0.2) is 9.59 Å². The van der Waals surface area contributed by atoms with Gasteiger partial charge in [0.25, 0.3) is 0 Å². The zero-order chi connectivity index (χ0) is 14.2. The quantitative estimate of drug-likeness (QED) is 0.568. The van der Waals surface area contributed by atoms with E-state index in [4.69, 9.17) is 9.84 Å². The summed E-state index contributed by atoms with van der Waals surface area (Å²) < 4.78 is 9.61. The zero-order valence-electron chi connectivity index (χ0n) is 11.2. The molecule has 0 aliphatic heterocycles. The van der Waals surface area contributed by atoms with Gasteiger partial charge in [0.1, 0.15) is 11.6 Å². The smallest absolute Gasteiger partial charge is 0.408 e. The molecule has 0 radical (unpaired) electrons. The first kappa shape index (κ1) is 16.4. The van der Waals surface area contributed by atoms with E-state index in [1.54, 1.807) is 26.8 Å². The van der Waals surface area contributed by atoms with Gasteiger partial charge < -0.3 is 19.9 Å². The molecule has 0 aromatic rings. The molecule has 18 heavy (non-hydrogen) atoms. The van der Waals surface area contributed by atoms with Gasteiger partial charge in [-0.3, -0.25) is 0 Å². The van der Waals surface area contributed by atoms with Crippen molar-refractivity contribution in [3.63, 3.8) is 0 Å². The average molecular weight is 259 g/mol. The molecule has 0 spiro atoms. The van der Waals surface area contributed by atoms with Crippen LogP contribution in [0.4, 0.5) is 4.79 Å². The number of alkyl carbamates (subject to hydrolysis) is 1. The summed E-state index contributed by atoms with van der Waals surface area (Å²) in [4.78, 5) is 22.9. The zero-order valence-corrected chi connectivity index (χ0v) is 11.2. The van der Waals surface area contributed by atoms with Crippen molar-refractivity contribution in [1.29, 1.82) is 0 Å². The lowest BCUT2D eigenvalue weighted by Crippen LogP contribution is -2.43. The monoisotopic (exact) mass is 259 g/mol. The Hall–Kier alpha value is -1.56. The summed E-state index contributed by atoms with van der Waals surface area (Å²) in [6.45, 7) is 5.06. The predicted molar refractivity (Wildman–Crippen MR) is 66.0 cm³/mol. The first-order valence-corrected chi connectivity index (χ1v) is 5.63. The van der Waals surface area contributed by atoms with Gasteiger partial charge in [-0.2, -0.15) is 0 Å². The Kier molecular flexibility index (Phi) is 7.04. The van der Waals surface area contributed by atoms with Gasteiger partial charge in [-0.1, -0.05) is 12.2 Å². The van der Waals surface area contributed by atoms with Crippen LogP contribution in [-0.4, -0.2) is 42.5 Å². The van der Waals surface area contributed by atoms with Crippen molar-refractivity contribution >= 4 is 12.1 Å². The molecule has 0 rings (SSSR count). The maximum Gasteiger partial charge on any atom is 0.408 e. The van der Waals surface area contributed by atoms with Crippen molar-refractivity contribution in [2.75, 3.05) is 13.7 Å². The van der Waals surface area contributed by atoms with Crippen LogP contribution in [-0.2, 0) is 14.3 Å². The van der Waals surface area contributed by atoms with Crippen LogP contribution < -0.4 is 5.32 Å². The number of hydrogen-bond acceptors (Lipinski definition) is 5. The van der Waals surface area contributed by atoms with Crippen molar-refractivity contribution in [3.05, 3.63) is 12.2 Å². The minimum Gasteiger partial charge on any atom is -0.467 e. The normalized spacial score (nSPS) is 13.2. The Bertz CT molecular complexity index is 306. The summed E-state index contributed by atoms with van der Waals surface area (Å²) >= 11 is 0. The first-order chi connectivity index (χ1) is 8.30. The van der Waals surface area contributed by atoms with Crippen LogP contribution in [0.15, 0.2) is 12.2 Å². The van der Waals surface area contributed by atoms with Gasteiger partial charge in [-0.15, -0.1) is 0 Å². The van der Waals surface area contributed by atoms with Crippen LogP contribution in [0.25, 0.3) is 0 Å². The van der Waals surface area contributed by atoms with Crippen molar-refractivity contribution in [1.82, 2.24) is 5.32 Å². The lowest BCUT2D eigenvalue weighted by molar-refractivity contribution is -0.143. The fourth-order valence-corrected chi connectivity index (χ4v) is 1.11. The van der Waals surface area contributed by atoms with Gasteiger partial charge in [-0.05, 0) is 27.2 Å². The first-order valence-electron chi connectivity index (χ1n) is 5.63. The SMILES string of the molecule is COC(=O)[C@H](C/C=C/CO)NC(=O)OC(C)(C)C. The minimum atomic E-state index is -0.826. The van der Waals surface area contributed by atoms with E-state index in [-0.39, 0.29) is 13.0 Å². The van der Waals surface area contributed by atoms with Crippen molar-refractivity contribution in [3.8, 4) is 0 Å². The number of carbonyl (C=O) groups excluding carboxylic acids is 2. The number of methoxy groups -OCH3 is 1. The Labute approximate surface area is 107 Å². The fraction of sp³-hybridized carbons (Fsp3) is 0.667. The Balaban J connectivity index is 4.45. The molecule has 0 fully saturated rings. The molecule has 0 saturated carbocycles. The molecule has 0 aromatic heterocycles. The number of hydrogen-bond donors (Lipinski definition) is 2. The Morgan fingerprint density at radius 3 is 2.39 bits per heavy atom. The topological polar surface area (TPSA) is 84.9 Å². The highest BCUT2D eigenvalue weighted by molar-refractivity contribution is 5.81. The molecule has 104 valence electrons. The summed E-state index contributed by atoms with van der Waals surface area (Å²) in [5.74, 6) is -0.566. The molecular formula is C12H21NO5. The Morgan fingerprint density at radius 2 is 1.94 bits per heavy atom. The maximum absolute atomic E-state index is 11.5. The minimum absolute atomic E-state index is 0.125. The second-order valence-electron chi connectivity index (χ2n) is 4.61. The van der Waals surface area contributed by atoms with Gasteiger partial charge in [0.15, 0.2) is 0 Å². The average Bonchev–Trinajstić information content (AvgIpc) is 2.24. The molecule has 1 amide bonds. The number of rotatable bonds is 5. The highest BCUT2D eigenvalue weighted by Crippen LogP contribution is 2.07. The number of amides is 1. The summed E-state index contributed by atoms with van der Waals surface area (Å²) in [6, 6.07) is -0.826. The molecule has 0 saturated heterocycles. The van der Waals surface area contributed by atoms with Gasteiger partial charge in [0.05, 0.1) is 13.7 Å². The molecule has 0 heterocycles. The van der Waals surface area contributed by atoms with Crippen LogP contribution in [0, 0.1) is 0 Å². The molecule has 0 unspecified atom stereocenters. The van der Waals surface area contributed by atoms with Crippen molar-refractivity contribution < 1.29 is 24.2 Å². The third-order valence-corrected chi connectivity index (χ3v) is 1.82. The number of aliphatic hydroxyl groups is 1. The van der Waals surface area contributed by atoms with Crippen molar-refractivity contribution in [2.24, 2.45) is 0 Å². The number of ether oxygens (including phenoxy) is 2. The lowest BCUT2D eigenvalue weighted by atomic mass is 10.2. The van der Waals surface area contributed by atoms with Crippen LogP contribution >= 0.6 is 0 Å². The van der Waals surface area contributed by atoms with E-state index >= 15 is 0 Å². The number of carbonyl (C=O) groups is 2. The summed E-state index contributed by atoms with van der Waals surface area (Å²) in [5, 5.41) is 11.0. The molecular weight excluding hydrogens is 238 g/mol. The van der Waals surface area contributed by atoms with Crippen molar-refractivity contribution in [2.45, 2.75) is 38.8 Å². The predicted octanol–water partition coefficient (Wildman–Crippen LogP) is 0.991. The fourth-order valence-electron chi connectivity index (χ4n) is 1.11. The third kappa shape index (κ3) is 7.67. The van der Waals surface area contributed by atoms with E-state index in [2.05, 4.69) is 10.1 Å². The molecule has 0 bridgehead atoms. The maximum atomic E-state index is 11.5. The summed E-state index contributed by atoms with van der Waals surface area (Å²) in [6.07, 6.45) is 2.60. The van der Waals surface area contributed by atoms with Crippen LogP contribution in [0.5, 0.6) is 0 Å². The van der Waals surface area contributed by atoms with Gasteiger partial charge >= 0.3 is 12.1 Å². The van der Waals surface area contributed by atoms with E-state index < -0.39 is 23.7 Å². The van der Waals surface area contributed by atoms with Crippen LogP contribution in [0.2, 0.25) is 0 Å². The number of esters is 1. The molecule has 6 nitrogen and oxygen atoms in total. The second-order valence-corrected chi connectivity index (χ2v) is 4.61. The highest BCUT2D eigenvalue weighted by atomic mass is 16.6. The standard InChI is InChI=1S/C12H21NO5/c1-12(2,3)18-11(16)13-9(10(15)17-4)7-5-6-8-14/h5-6,9,14H,7-8H2,1-4H3,(H,13,16)/b6-5+/t9-/m0/s1. The van der Waals surface area contributed by atoms with Crippen LogP contribution in [0.1, 0.15) is 27.2 Å². The summed E-state index contributed by atoms with van der Waals surface area (Å²) in [5.41, 5.74) is -0.633. The van der Waals surface area contributed by atoms with E-state index in [0.717, 1.165) is 0 Å². The largest absolute Gasteiger partial charge is 0.467 e. The van der Waals surface area contributed by atoms with E-state index in [9.17, 15) is 9.59 Å². The van der Waals surface area contributed by atoms with Gasteiger partial charge in [0, 0.05) is 0 Å². The van der Waals surface area contributed by atoms with E-state index in [1.807, 2.05) is 0 Å². The lowest BCUT2D eigenvalue weighted by Gasteiger charge is -2.22. The molecule has 6 heteroatoms. The third-order valence-electron chi connectivity index (χ3n) is 1.82. The van der Waals surface area contributed by atoms with Crippen LogP contribution in [0.3, 0.4) is 0 Å². The van der Waals surface area contributed by atoms with E-state index in [1.165, 1.54) is 13.2 Å². The molecule has 0 aliphatic carbocycles. The molecule has 1 atom stereocenters. The summed E-state index contributed by atoms with van der Waals surface area (Å²) in [7, 11) is 1.24. The highest BCUT2D eigenvalue weighted by Gasteiger charge is 2.23. The molecule has 0 aromatic carbocycles. The second kappa shape index (κ2) is 7.71. The van der Waals surface area contributed by atoms with E-state index in [0.29, 0.717) is 0 Å². The van der Waals surface area contributed by atoms with Gasteiger partial charge in [0.2, 0.25) is 0 Å². The number of nitrogens with one attached hydrogen (secondary N) is 1. The molecule has 0 aliphatic rings. The Morgan fingerprint density at radius 1 is 1.33 bits per heavy atom. The number of aliphatic hydroxyl groups excluding tert-OH is 1. The molecule has 2 N–H and O–H groups in total.